The molecule has 1 aromatic heterocycles. The molecule has 168 valence electrons. The van der Waals surface area contributed by atoms with Gasteiger partial charge in [-0.3, -0.25) is 20.2 Å². The molecule has 10 heteroatoms. The lowest BCUT2D eigenvalue weighted by molar-refractivity contribution is -0.141. The monoisotopic (exact) mass is 446 g/mol. The second kappa shape index (κ2) is 9.19. The van der Waals surface area contributed by atoms with Crippen molar-refractivity contribution in [3.05, 3.63) is 71.3 Å². The number of carbonyl (C=O) groups excluding carboxylic acids is 1. The fourth-order valence-electron chi connectivity index (χ4n) is 4.28. The Bertz CT molecular complexity index is 1140. The highest BCUT2D eigenvalue weighted by Gasteiger charge is 2.42. The number of ether oxygens (including phenoxy) is 1. The second-order valence-electron chi connectivity index (χ2n) is 7.64. The number of rotatable bonds is 6. The highest BCUT2D eigenvalue weighted by atomic mass is 19.2. The lowest BCUT2D eigenvalue weighted by atomic mass is 9.77. The molecule has 3 N–H and O–H groups in total. The van der Waals surface area contributed by atoms with E-state index >= 15 is 0 Å². The summed E-state index contributed by atoms with van der Waals surface area (Å²) in [5.41, 5.74) is 7.35. The molecule has 1 aliphatic rings. The van der Waals surface area contributed by atoms with Gasteiger partial charge in [-0.15, -0.1) is 0 Å². The first-order valence-electron chi connectivity index (χ1n) is 9.98. The van der Waals surface area contributed by atoms with Gasteiger partial charge in [-0.25, -0.2) is 18.6 Å². The van der Waals surface area contributed by atoms with Crippen LogP contribution in [0.4, 0.5) is 13.2 Å². The molecule has 4 unspecified atom stereocenters. The van der Waals surface area contributed by atoms with E-state index in [1.165, 1.54) is 13.3 Å². The van der Waals surface area contributed by atoms with Crippen LogP contribution in [0.5, 0.6) is 0 Å². The van der Waals surface area contributed by atoms with Gasteiger partial charge in [0, 0.05) is 36.3 Å². The molecule has 0 saturated carbocycles. The van der Waals surface area contributed by atoms with Crippen LogP contribution in [0.3, 0.4) is 0 Å². The van der Waals surface area contributed by atoms with Crippen LogP contribution in [0.1, 0.15) is 23.5 Å². The van der Waals surface area contributed by atoms with Gasteiger partial charge in [-0.2, -0.15) is 0 Å². The lowest BCUT2D eigenvalue weighted by Gasteiger charge is -2.29. The minimum Gasteiger partial charge on any atom is -0.469 e. The van der Waals surface area contributed by atoms with Gasteiger partial charge in [-0.1, -0.05) is 12.1 Å². The van der Waals surface area contributed by atoms with Gasteiger partial charge in [-0.05, 0) is 29.7 Å². The third-order valence-electron chi connectivity index (χ3n) is 5.78. The number of hydrogen-bond acceptors (Lipinski definition) is 7. The van der Waals surface area contributed by atoms with Crippen LogP contribution in [0.25, 0.3) is 11.0 Å². The number of hydrazine groups is 1. The molecular formula is C22H21F3N4O3. The first-order valence-corrected chi connectivity index (χ1v) is 9.98. The number of nitrogens with one attached hydrogen (secondary N) is 2. The largest absolute Gasteiger partial charge is 0.469 e. The highest BCUT2D eigenvalue weighted by Crippen LogP contribution is 2.38. The summed E-state index contributed by atoms with van der Waals surface area (Å²) in [5.74, 6) is -5.11. The van der Waals surface area contributed by atoms with Crippen LogP contribution in [0.2, 0.25) is 0 Å². The van der Waals surface area contributed by atoms with E-state index in [1.54, 1.807) is 24.4 Å². The number of para-hydroxylation sites is 1. The third-order valence-corrected chi connectivity index (χ3v) is 5.78. The van der Waals surface area contributed by atoms with E-state index in [2.05, 4.69) is 20.8 Å². The maximum Gasteiger partial charge on any atom is 0.306 e. The molecule has 1 aliphatic heterocycles. The number of carbonyl (C=O) groups is 1. The van der Waals surface area contributed by atoms with E-state index in [0.717, 1.165) is 6.07 Å². The normalized spacial score (nSPS) is 21.6. The first-order chi connectivity index (χ1) is 15.4. The number of aliphatic hydroxyl groups is 1. The maximum absolute atomic E-state index is 14.3. The molecule has 1 fully saturated rings. The zero-order chi connectivity index (χ0) is 22.8. The average molecular weight is 446 g/mol. The number of benzene rings is 2. The molecular weight excluding hydrogens is 425 g/mol. The summed E-state index contributed by atoms with van der Waals surface area (Å²) in [4.78, 5) is 20.9. The number of methoxy groups -OCH3 is 1. The molecule has 0 aliphatic carbocycles. The number of nitrogens with zero attached hydrogens (tertiary/aromatic N) is 2. The van der Waals surface area contributed by atoms with Gasteiger partial charge in [0.05, 0.1) is 24.6 Å². The van der Waals surface area contributed by atoms with Crippen molar-refractivity contribution in [1.82, 2.24) is 20.8 Å². The molecule has 2 heterocycles. The summed E-state index contributed by atoms with van der Waals surface area (Å²) in [5, 5.41) is 10.7. The molecule has 32 heavy (non-hydrogen) atoms. The van der Waals surface area contributed by atoms with Crippen molar-refractivity contribution in [2.75, 3.05) is 7.11 Å². The standard InChI is InChI=1S/C22H21F3N4O3/c1-32-19(30)9-13(12-3-2-4-17-21(12)27-6-5-26-17)20-18(28-29-22(20)31)8-11-7-15(24)16(25)10-14(11)23/h2-7,10,13,18,20,22,28-29,31H,8-9H2,1H3. The van der Waals surface area contributed by atoms with E-state index in [0.29, 0.717) is 22.7 Å². The predicted molar refractivity (Wildman–Crippen MR) is 108 cm³/mol. The fourth-order valence-corrected chi connectivity index (χ4v) is 4.28. The van der Waals surface area contributed by atoms with E-state index in [-0.39, 0.29) is 18.4 Å². The van der Waals surface area contributed by atoms with Crippen LogP contribution >= 0.6 is 0 Å². The minimum atomic E-state index is -1.28. The van der Waals surface area contributed by atoms with E-state index < -0.39 is 47.5 Å². The van der Waals surface area contributed by atoms with Crippen molar-refractivity contribution in [2.24, 2.45) is 5.92 Å². The van der Waals surface area contributed by atoms with Crippen molar-refractivity contribution in [3.63, 3.8) is 0 Å². The molecule has 3 aromatic rings. The average Bonchev–Trinajstić information content (AvgIpc) is 3.15. The lowest BCUT2D eigenvalue weighted by Crippen LogP contribution is -2.36. The smallest absolute Gasteiger partial charge is 0.306 e. The van der Waals surface area contributed by atoms with Crippen molar-refractivity contribution < 1.29 is 27.8 Å². The zero-order valence-corrected chi connectivity index (χ0v) is 17.1. The molecule has 0 amide bonds. The molecule has 4 atom stereocenters. The number of aliphatic hydroxyl groups excluding tert-OH is 1. The maximum atomic E-state index is 14.3. The van der Waals surface area contributed by atoms with Crippen molar-refractivity contribution >= 4 is 17.0 Å². The van der Waals surface area contributed by atoms with Crippen LogP contribution in [0.15, 0.2) is 42.7 Å². The quantitative estimate of drug-likeness (QED) is 0.395. The Morgan fingerprint density at radius 1 is 1.12 bits per heavy atom. The number of aromatic nitrogens is 2. The summed E-state index contributed by atoms with van der Waals surface area (Å²) in [6, 6.07) is 5.99. The minimum absolute atomic E-state index is 0.0585. The molecule has 7 nitrogen and oxygen atoms in total. The van der Waals surface area contributed by atoms with Crippen molar-refractivity contribution in [3.8, 4) is 0 Å². The molecule has 2 aromatic carbocycles. The van der Waals surface area contributed by atoms with Crippen LogP contribution in [-0.4, -0.2) is 40.4 Å². The summed E-state index contributed by atoms with van der Waals surface area (Å²) in [6.45, 7) is 0. The first kappa shape index (κ1) is 22.1. The van der Waals surface area contributed by atoms with E-state index in [9.17, 15) is 23.1 Å². The molecule has 4 rings (SSSR count). The number of hydrogen-bond donors (Lipinski definition) is 3. The van der Waals surface area contributed by atoms with Gasteiger partial charge in [0.1, 0.15) is 12.0 Å². The SMILES string of the molecule is COC(=O)CC(c1cccc2nccnc12)C1C(O)NNC1Cc1cc(F)c(F)cc1F. The second-order valence-corrected chi connectivity index (χ2v) is 7.64. The molecule has 0 bridgehead atoms. The summed E-state index contributed by atoms with van der Waals surface area (Å²) in [7, 11) is 1.26. The summed E-state index contributed by atoms with van der Waals surface area (Å²) in [6.07, 6.45) is 1.80. The Balaban J connectivity index is 1.75. The van der Waals surface area contributed by atoms with Crippen molar-refractivity contribution in [2.45, 2.75) is 31.0 Å². The zero-order valence-electron chi connectivity index (χ0n) is 17.1. The molecule has 0 spiro atoms. The summed E-state index contributed by atoms with van der Waals surface area (Å²) >= 11 is 0. The van der Waals surface area contributed by atoms with Gasteiger partial charge in [0.2, 0.25) is 0 Å². The van der Waals surface area contributed by atoms with Crippen molar-refractivity contribution in [1.29, 1.82) is 0 Å². The number of esters is 1. The van der Waals surface area contributed by atoms with Crippen LogP contribution < -0.4 is 10.9 Å². The van der Waals surface area contributed by atoms with Gasteiger partial charge < -0.3 is 9.84 Å². The van der Waals surface area contributed by atoms with Gasteiger partial charge in [0.15, 0.2) is 11.6 Å². The Morgan fingerprint density at radius 2 is 1.88 bits per heavy atom. The van der Waals surface area contributed by atoms with Gasteiger partial charge >= 0.3 is 5.97 Å². The Kier molecular flexibility index (Phi) is 6.35. The van der Waals surface area contributed by atoms with E-state index in [1.807, 2.05) is 0 Å². The Labute approximate surface area is 181 Å². The Hall–Kier alpha value is -3.08. The van der Waals surface area contributed by atoms with E-state index in [4.69, 9.17) is 4.74 Å². The predicted octanol–water partition coefficient (Wildman–Crippen LogP) is 2.35. The van der Waals surface area contributed by atoms with Crippen LogP contribution in [0, 0.1) is 23.4 Å². The fraction of sp³-hybridized carbons (Fsp3) is 0.318. The van der Waals surface area contributed by atoms with Crippen LogP contribution in [-0.2, 0) is 16.0 Å². The van der Waals surface area contributed by atoms with Gasteiger partial charge in [0.25, 0.3) is 0 Å². The third kappa shape index (κ3) is 4.29. The highest BCUT2D eigenvalue weighted by molar-refractivity contribution is 5.79. The number of halogens is 3. The number of fused-ring (bicyclic) bond motifs is 1. The Morgan fingerprint density at radius 3 is 2.66 bits per heavy atom. The molecule has 0 radical (unpaired) electrons. The molecule has 1 saturated heterocycles. The topological polar surface area (TPSA) is 96.4 Å². The summed E-state index contributed by atoms with van der Waals surface area (Å²) < 4.78 is 46.2.